The quantitative estimate of drug-likeness (QED) is 0.852. The van der Waals surface area contributed by atoms with E-state index in [1.807, 2.05) is 6.20 Å². The molecule has 1 aromatic rings. The minimum absolute atomic E-state index is 0.520. The summed E-state index contributed by atoms with van der Waals surface area (Å²) in [6.07, 6.45) is 8.62. The molecule has 0 unspecified atom stereocenters. The predicted octanol–water partition coefficient (Wildman–Crippen LogP) is 3.99. The summed E-state index contributed by atoms with van der Waals surface area (Å²) in [5.41, 5.74) is 1.83. The van der Waals surface area contributed by atoms with Crippen molar-refractivity contribution in [2.24, 2.45) is 11.3 Å². The average Bonchev–Trinajstić information content (AvgIpc) is 2.93. The van der Waals surface area contributed by atoms with E-state index in [1.54, 1.807) is 0 Å². The molecule has 3 nitrogen and oxygen atoms in total. The largest absolute Gasteiger partial charge is 0.308 e. The standard InChI is InChI=1S/C17H31N3/c1-5-17(3,4)14-7-9-15(10-8-14)18-13-16-11-12-19-20(16)6-2/h11-12,14-15,18H,5-10,13H2,1-4H3. The summed E-state index contributed by atoms with van der Waals surface area (Å²) in [5, 5.41) is 8.06. The number of hydrogen-bond acceptors (Lipinski definition) is 2. The molecule has 1 aliphatic rings. The lowest BCUT2D eigenvalue weighted by Crippen LogP contribution is -2.36. The monoisotopic (exact) mass is 277 g/mol. The first-order chi connectivity index (χ1) is 9.56. The molecule has 3 heteroatoms. The fourth-order valence-electron chi connectivity index (χ4n) is 3.41. The summed E-state index contributed by atoms with van der Waals surface area (Å²) < 4.78 is 2.08. The van der Waals surface area contributed by atoms with Gasteiger partial charge in [0.15, 0.2) is 0 Å². The SMILES string of the molecule is CCn1nccc1CNC1CCC(C(C)(C)CC)CC1. The third-order valence-electron chi connectivity index (χ3n) is 5.42. The Morgan fingerprint density at radius 1 is 1.25 bits per heavy atom. The zero-order valence-corrected chi connectivity index (χ0v) is 13.7. The van der Waals surface area contributed by atoms with Gasteiger partial charge < -0.3 is 5.32 Å². The van der Waals surface area contributed by atoms with E-state index in [0.29, 0.717) is 11.5 Å². The molecule has 0 atom stereocenters. The van der Waals surface area contributed by atoms with Gasteiger partial charge in [-0.2, -0.15) is 5.10 Å². The lowest BCUT2D eigenvalue weighted by atomic mass is 9.69. The zero-order valence-electron chi connectivity index (χ0n) is 13.7. The smallest absolute Gasteiger partial charge is 0.0522 e. The van der Waals surface area contributed by atoms with Crippen LogP contribution in [0.5, 0.6) is 0 Å². The van der Waals surface area contributed by atoms with Gasteiger partial charge in [0.1, 0.15) is 0 Å². The van der Waals surface area contributed by atoms with Gasteiger partial charge in [0.2, 0.25) is 0 Å². The van der Waals surface area contributed by atoms with E-state index in [0.717, 1.165) is 19.0 Å². The lowest BCUT2D eigenvalue weighted by molar-refractivity contribution is 0.136. The van der Waals surface area contributed by atoms with Gasteiger partial charge in [-0.3, -0.25) is 4.68 Å². The van der Waals surface area contributed by atoms with Gasteiger partial charge in [-0.1, -0.05) is 27.2 Å². The highest BCUT2D eigenvalue weighted by Crippen LogP contribution is 2.40. The fraction of sp³-hybridized carbons (Fsp3) is 0.824. The molecule has 114 valence electrons. The van der Waals surface area contributed by atoms with Crippen molar-refractivity contribution in [3.8, 4) is 0 Å². The molecule has 1 fully saturated rings. The maximum atomic E-state index is 4.33. The highest BCUT2D eigenvalue weighted by atomic mass is 15.3. The first-order valence-electron chi connectivity index (χ1n) is 8.31. The minimum Gasteiger partial charge on any atom is -0.308 e. The Bertz CT molecular complexity index is 400. The van der Waals surface area contributed by atoms with Crippen LogP contribution in [0.3, 0.4) is 0 Å². The van der Waals surface area contributed by atoms with Gasteiger partial charge in [0.05, 0.1) is 5.69 Å². The van der Waals surface area contributed by atoms with Crippen molar-refractivity contribution in [3.05, 3.63) is 18.0 Å². The van der Waals surface area contributed by atoms with Crippen LogP contribution >= 0.6 is 0 Å². The minimum atomic E-state index is 0.520. The Labute approximate surface area is 124 Å². The van der Waals surface area contributed by atoms with Gasteiger partial charge in [0, 0.05) is 25.3 Å². The van der Waals surface area contributed by atoms with Crippen LogP contribution in [0.2, 0.25) is 0 Å². The van der Waals surface area contributed by atoms with E-state index in [2.05, 4.69) is 48.9 Å². The van der Waals surface area contributed by atoms with Crippen LogP contribution in [0.1, 0.15) is 65.5 Å². The van der Waals surface area contributed by atoms with E-state index in [4.69, 9.17) is 0 Å². The van der Waals surface area contributed by atoms with Crippen molar-refractivity contribution in [2.45, 2.75) is 78.9 Å². The summed E-state index contributed by atoms with van der Waals surface area (Å²) in [6, 6.07) is 2.82. The van der Waals surface area contributed by atoms with Crippen molar-refractivity contribution >= 4 is 0 Å². The molecule has 1 aliphatic carbocycles. The summed E-state index contributed by atoms with van der Waals surface area (Å²) in [4.78, 5) is 0. The first kappa shape index (κ1) is 15.6. The number of aryl methyl sites for hydroxylation is 1. The zero-order chi connectivity index (χ0) is 14.6. The molecule has 0 aromatic carbocycles. The maximum Gasteiger partial charge on any atom is 0.0522 e. The number of aromatic nitrogens is 2. The molecule has 0 aliphatic heterocycles. The van der Waals surface area contributed by atoms with Crippen LogP contribution in [-0.2, 0) is 13.1 Å². The van der Waals surface area contributed by atoms with Gasteiger partial charge in [-0.15, -0.1) is 0 Å². The number of nitrogens with zero attached hydrogens (tertiary/aromatic N) is 2. The molecule has 2 rings (SSSR count). The summed E-state index contributed by atoms with van der Waals surface area (Å²) in [5.74, 6) is 0.909. The third-order valence-corrected chi connectivity index (χ3v) is 5.42. The molecule has 0 radical (unpaired) electrons. The van der Waals surface area contributed by atoms with Crippen LogP contribution in [-0.4, -0.2) is 15.8 Å². The Morgan fingerprint density at radius 3 is 2.55 bits per heavy atom. The predicted molar refractivity (Wildman–Crippen MR) is 84.6 cm³/mol. The van der Waals surface area contributed by atoms with E-state index in [1.165, 1.54) is 37.8 Å². The average molecular weight is 277 g/mol. The van der Waals surface area contributed by atoms with Crippen molar-refractivity contribution in [2.75, 3.05) is 0 Å². The Balaban J connectivity index is 1.78. The van der Waals surface area contributed by atoms with E-state index in [9.17, 15) is 0 Å². The topological polar surface area (TPSA) is 29.9 Å². The highest BCUT2D eigenvalue weighted by molar-refractivity contribution is 5.00. The van der Waals surface area contributed by atoms with Gasteiger partial charge in [0.25, 0.3) is 0 Å². The molecule has 0 saturated heterocycles. The molecule has 0 spiro atoms. The lowest BCUT2D eigenvalue weighted by Gasteiger charge is -2.39. The van der Waals surface area contributed by atoms with Gasteiger partial charge in [-0.05, 0) is 50.0 Å². The maximum absolute atomic E-state index is 4.33. The molecular formula is C17H31N3. The molecule has 1 heterocycles. The molecule has 1 N–H and O–H groups in total. The number of hydrogen-bond donors (Lipinski definition) is 1. The molecule has 0 amide bonds. The first-order valence-corrected chi connectivity index (χ1v) is 8.31. The molecule has 1 aromatic heterocycles. The second-order valence-corrected chi connectivity index (χ2v) is 6.91. The summed E-state index contributed by atoms with van der Waals surface area (Å²) in [7, 11) is 0. The Kier molecular flexibility index (Phi) is 5.25. The Morgan fingerprint density at radius 2 is 1.95 bits per heavy atom. The normalized spacial score (nSPS) is 24.0. The van der Waals surface area contributed by atoms with Crippen LogP contribution in [0.15, 0.2) is 12.3 Å². The second-order valence-electron chi connectivity index (χ2n) is 6.91. The van der Waals surface area contributed by atoms with Crippen molar-refractivity contribution in [3.63, 3.8) is 0 Å². The fourth-order valence-corrected chi connectivity index (χ4v) is 3.41. The highest BCUT2D eigenvalue weighted by Gasteiger charge is 2.31. The van der Waals surface area contributed by atoms with Crippen molar-refractivity contribution < 1.29 is 0 Å². The van der Waals surface area contributed by atoms with Crippen LogP contribution < -0.4 is 5.32 Å². The number of rotatable bonds is 6. The van der Waals surface area contributed by atoms with Crippen molar-refractivity contribution in [1.29, 1.82) is 0 Å². The third kappa shape index (κ3) is 3.63. The van der Waals surface area contributed by atoms with Crippen LogP contribution in [0.25, 0.3) is 0 Å². The molecule has 1 saturated carbocycles. The van der Waals surface area contributed by atoms with Gasteiger partial charge in [-0.25, -0.2) is 0 Å². The van der Waals surface area contributed by atoms with Crippen molar-refractivity contribution in [1.82, 2.24) is 15.1 Å². The van der Waals surface area contributed by atoms with E-state index < -0.39 is 0 Å². The Hall–Kier alpha value is -0.830. The van der Waals surface area contributed by atoms with E-state index in [-0.39, 0.29) is 0 Å². The van der Waals surface area contributed by atoms with Gasteiger partial charge >= 0.3 is 0 Å². The number of nitrogens with one attached hydrogen (secondary N) is 1. The molecule has 0 bridgehead atoms. The molecule has 20 heavy (non-hydrogen) atoms. The summed E-state index contributed by atoms with van der Waals surface area (Å²) >= 11 is 0. The van der Waals surface area contributed by atoms with Crippen LogP contribution in [0, 0.1) is 11.3 Å². The second kappa shape index (κ2) is 6.75. The molecular weight excluding hydrogens is 246 g/mol. The van der Waals surface area contributed by atoms with Crippen LogP contribution in [0.4, 0.5) is 0 Å². The summed E-state index contributed by atoms with van der Waals surface area (Å²) in [6.45, 7) is 11.3. The van der Waals surface area contributed by atoms with E-state index >= 15 is 0 Å².